The van der Waals surface area contributed by atoms with Gasteiger partial charge in [0, 0.05) is 11.3 Å². The first-order valence-corrected chi connectivity index (χ1v) is 9.55. The van der Waals surface area contributed by atoms with Gasteiger partial charge in [0.05, 0.1) is 35.5 Å². The van der Waals surface area contributed by atoms with Crippen LogP contribution in [0.4, 0.5) is 4.39 Å². The van der Waals surface area contributed by atoms with Crippen molar-refractivity contribution in [1.82, 2.24) is 0 Å². The van der Waals surface area contributed by atoms with Crippen LogP contribution in [0.2, 0.25) is 0 Å². The molecule has 2 atom stereocenters. The first-order chi connectivity index (χ1) is 13.4. The molecule has 1 aliphatic heterocycles. The highest BCUT2D eigenvalue weighted by Gasteiger charge is 2.39. The van der Waals surface area contributed by atoms with Gasteiger partial charge in [0.1, 0.15) is 22.4 Å². The second kappa shape index (κ2) is 8.36. The van der Waals surface area contributed by atoms with Crippen LogP contribution in [0.15, 0.2) is 62.7 Å². The molecular formula is C21H17FN2O3S. The molecule has 1 unspecified atom stereocenters. The number of furan rings is 1. The van der Waals surface area contributed by atoms with Crippen molar-refractivity contribution in [3.8, 4) is 6.07 Å². The highest BCUT2D eigenvalue weighted by Crippen LogP contribution is 2.42. The van der Waals surface area contributed by atoms with E-state index in [1.165, 1.54) is 37.5 Å². The second-order valence-corrected chi connectivity index (χ2v) is 7.35. The molecular weight excluding hydrogens is 379 g/mol. The number of allylic oxidation sites excluding steroid dienone is 1. The van der Waals surface area contributed by atoms with Crippen LogP contribution in [0.1, 0.15) is 35.9 Å². The summed E-state index contributed by atoms with van der Waals surface area (Å²) in [5, 5.41) is 10.2. The molecule has 0 N–H and O–H groups in total. The van der Waals surface area contributed by atoms with Crippen LogP contribution in [0.3, 0.4) is 0 Å². The Morgan fingerprint density at radius 1 is 1.29 bits per heavy atom. The zero-order valence-corrected chi connectivity index (χ0v) is 16.1. The molecule has 2 aromatic rings. The molecule has 1 aromatic heterocycles. The van der Waals surface area contributed by atoms with Gasteiger partial charge in [-0.25, -0.2) is 9.38 Å². The summed E-state index contributed by atoms with van der Waals surface area (Å²) < 4.78 is 18.5. The van der Waals surface area contributed by atoms with E-state index >= 15 is 0 Å². The van der Waals surface area contributed by atoms with Gasteiger partial charge in [0.15, 0.2) is 5.78 Å². The number of rotatable bonds is 6. The van der Waals surface area contributed by atoms with Gasteiger partial charge in [-0.2, -0.15) is 5.26 Å². The Morgan fingerprint density at radius 3 is 2.57 bits per heavy atom. The largest absolute Gasteiger partial charge is 0.469 e. The lowest BCUT2D eigenvalue weighted by Gasteiger charge is -2.28. The van der Waals surface area contributed by atoms with E-state index in [0.29, 0.717) is 27.6 Å². The van der Waals surface area contributed by atoms with Gasteiger partial charge in [-0.05, 0) is 50.2 Å². The Balaban J connectivity index is 1.91. The van der Waals surface area contributed by atoms with Crippen molar-refractivity contribution >= 4 is 29.0 Å². The number of nitrogens with zero attached hydrogens (tertiary/aromatic N) is 2. The molecule has 1 aliphatic rings. The van der Waals surface area contributed by atoms with Gasteiger partial charge in [0.2, 0.25) is 0 Å². The van der Waals surface area contributed by atoms with Crippen molar-refractivity contribution in [2.24, 2.45) is 10.9 Å². The quantitative estimate of drug-likeness (QED) is 0.670. The molecule has 0 spiro atoms. The van der Waals surface area contributed by atoms with E-state index in [9.17, 15) is 19.2 Å². The van der Waals surface area contributed by atoms with Crippen LogP contribution in [0.25, 0.3) is 0 Å². The number of hydrogen-bond acceptors (Lipinski definition) is 6. The maximum atomic E-state index is 13.0. The Bertz CT molecular complexity index is 1000. The molecule has 0 amide bonds. The van der Waals surface area contributed by atoms with Crippen molar-refractivity contribution in [1.29, 1.82) is 5.26 Å². The SMILES string of the molecule is CC(=O)C1C(C)=NC(SCC(=O)c2ccc(F)cc2)=C(C#N)[C@@H]1c1ccco1. The van der Waals surface area contributed by atoms with Crippen molar-refractivity contribution < 1.29 is 18.4 Å². The molecule has 0 saturated carbocycles. The molecule has 0 fully saturated rings. The van der Waals surface area contributed by atoms with Gasteiger partial charge < -0.3 is 4.42 Å². The summed E-state index contributed by atoms with van der Waals surface area (Å²) in [6.45, 7) is 3.20. The highest BCUT2D eigenvalue weighted by atomic mass is 32.2. The topological polar surface area (TPSA) is 83.4 Å². The number of nitriles is 1. The first-order valence-electron chi connectivity index (χ1n) is 8.57. The van der Waals surface area contributed by atoms with Gasteiger partial charge in [-0.1, -0.05) is 11.8 Å². The average molecular weight is 396 g/mol. The van der Waals surface area contributed by atoms with Gasteiger partial charge in [-0.15, -0.1) is 0 Å². The van der Waals surface area contributed by atoms with E-state index < -0.39 is 17.7 Å². The standard InChI is InChI=1S/C21H17FN2O3S/c1-12-19(13(2)25)20(18-4-3-9-27-18)16(10-23)21(24-12)28-11-17(26)14-5-7-15(22)8-6-14/h3-9,19-20H,11H2,1-2H3/t19?,20-/m1/s1. The van der Waals surface area contributed by atoms with Gasteiger partial charge in [0.25, 0.3) is 0 Å². The number of Topliss-reactive ketones (excluding diaryl/α,β-unsaturated/α-hetero) is 2. The molecule has 0 bridgehead atoms. The third-order valence-electron chi connectivity index (χ3n) is 4.52. The normalized spacial score (nSPS) is 19.1. The minimum absolute atomic E-state index is 0.0402. The van der Waals surface area contributed by atoms with Crippen LogP contribution in [0.5, 0.6) is 0 Å². The van der Waals surface area contributed by atoms with Crippen molar-refractivity contribution in [2.45, 2.75) is 19.8 Å². The summed E-state index contributed by atoms with van der Waals surface area (Å²) in [6, 6.07) is 10.9. The Kier molecular flexibility index (Phi) is 5.90. The van der Waals surface area contributed by atoms with Crippen molar-refractivity contribution in [3.63, 3.8) is 0 Å². The van der Waals surface area contributed by atoms with Gasteiger partial charge in [-0.3, -0.25) is 9.59 Å². The Labute approximate surface area is 166 Å². The molecule has 0 saturated heterocycles. The summed E-state index contributed by atoms with van der Waals surface area (Å²) in [7, 11) is 0. The Morgan fingerprint density at radius 2 is 2.00 bits per heavy atom. The third-order valence-corrected chi connectivity index (χ3v) is 5.51. The number of carbonyl (C=O) groups is 2. The summed E-state index contributed by atoms with van der Waals surface area (Å²) in [5.41, 5.74) is 1.26. The first kappa shape index (κ1) is 19.8. The fourth-order valence-electron chi connectivity index (χ4n) is 3.21. The van der Waals surface area contributed by atoms with Crippen LogP contribution in [0, 0.1) is 23.1 Å². The molecule has 28 heavy (non-hydrogen) atoms. The van der Waals surface area contributed by atoms with E-state index in [2.05, 4.69) is 11.1 Å². The van der Waals surface area contributed by atoms with E-state index in [1.54, 1.807) is 19.1 Å². The van der Waals surface area contributed by atoms with Crippen LogP contribution >= 0.6 is 11.8 Å². The van der Waals surface area contributed by atoms with E-state index in [0.717, 1.165) is 11.8 Å². The van der Waals surface area contributed by atoms with Crippen molar-refractivity contribution in [2.75, 3.05) is 5.75 Å². The summed E-state index contributed by atoms with van der Waals surface area (Å²) in [4.78, 5) is 29.0. The number of halogens is 1. The maximum Gasteiger partial charge on any atom is 0.173 e. The molecule has 0 radical (unpaired) electrons. The van der Waals surface area contributed by atoms with Crippen molar-refractivity contribution in [3.05, 3.63) is 70.4 Å². The number of aliphatic imine (C=N–C) groups is 1. The fraction of sp³-hybridized carbons (Fsp3) is 0.238. The minimum atomic E-state index is -0.585. The summed E-state index contributed by atoms with van der Waals surface area (Å²) in [5.74, 6) is -1.33. The molecule has 2 heterocycles. The lowest BCUT2D eigenvalue weighted by molar-refractivity contribution is -0.119. The zero-order valence-electron chi connectivity index (χ0n) is 15.3. The van der Waals surface area contributed by atoms with Crippen LogP contribution < -0.4 is 0 Å². The predicted octanol–water partition coefficient (Wildman–Crippen LogP) is 4.53. The predicted molar refractivity (Wildman–Crippen MR) is 105 cm³/mol. The second-order valence-electron chi connectivity index (χ2n) is 6.38. The monoisotopic (exact) mass is 396 g/mol. The molecule has 3 rings (SSSR count). The fourth-order valence-corrected chi connectivity index (χ4v) is 4.19. The molecule has 1 aromatic carbocycles. The number of hydrogen-bond donors (Lipinski definition) is 0. The average Bonchev–Trinajstić information content (AvgIpc) is 3.20. The summed E-state index contributed by atoms with van der Waals surface area (Å²) >= 11 is 1.13. The lowest BCUT2D eigenvalue weighted by Crippen LogP contribution is -2.31. The van der Waals surface area contributed by atoms with E-state index in [-0.39, 0.29) is 17.3 Å². The highest BCUT2D eigenvalue weighted by molar-refractivity contribution is 8.03. The smallest absolute Gasteiger partial charge is 0.173 e. The maximum absolute atomic E-state index is 13.0. The Hall–Kier alpha value is -2.98. The molecule has 0 aliphatic carbocycles. The molecule has 142 valence electrons. The number of carbonyl (C=O) groups excluding carboxylic acids is 2. The summed E-state index contributed by atoms with van der Waals surface area (Å²) in [6.07, 6.45) is 1.49. The van der Waals surface area contributed by atoms with E-state index in [1.807, 2.05) is 0 Å². The lowest BCUT2D eigenvalue weighted by atomic mass is 9.78. The number of benzene rings is 1. The minimum Gasteiger partial charge on any atom is -0.469 e. The zero-order chi connectivity index (χ0) is 20.3. The van der Waals surface area contributed by atoms with Crippen LogP contribution in [-0.2, 0) is 4.79 Å². The molecule has 7 heteroatoms. The van der Waals surface area contributed by atoms with Gasteiger partial charge >= 0.3 is 0 Å². The molecule has 5 nitrogen and oxygen atoms in total. The van der Waals surface area contributed by atoms with Crippen LogP contribution in [-0.4, -0.2) is 23.0 Å². The third kappa shape index (κ3) is 3.97. The van der Waals surface area contributed by atoms with E-state index in [4.69, 9.17) is 4.42 Å². The number of ketones is 2. The number of thioether (sulfide) groups is 1.